The summed E-state index contributed by atoms with van der Waals surface area (Å²) in [6.45, 7) is 4.48. The second-order valence-corrected chi connectivity index (χ2v) is 9.63. The first-order valence-electron chi connectivity index (χ1n) is 12.2. The molecule has 2 saturated heterocycles. The van der Waals surface area contributed by atoms with Gasteiger partial charge in [-0.25, -0.2) is 9.97 Å². The molecule has 2 N–H and O–H groups in total. The van der Waals surface area contributed by atoms with E-state index < -0.39 is 0 Å². The summed E-state index contributed by atoms with van der Waals surface area (Å²) in [5.41, 5.74) is 2.88. The molecule has 9 nitrogen and oxygen atoms in total. The molecule has 10 heteroatoms. The molecule has 3 aromatic rings. The second-order valence-electron chi connectivity index (χ2n) is 9.22. The van der Waals surface area contributed by atoms with E-state index in [-0.39, 0.29) is 5.91 Å². The molecule has 36 heavy (non-hydrogen) atoms. The Balaban J connectivity index is 1.36. The van der Waals surface area contributed by atoms with Gasteiger partial charge in [0.25, 0.3) is 5.91 Å². The van der Waals surface area contributed by atoms with E-state index in [0.29, 0.717) is 60.1 Å². The standard InChI is InChI=1S/C26H31ClN6O3/c1-32-9-7-19(8-10-32)29-22-15-21(27)20-16-28-26(31-23(20)24(22)35-2)30-18-5-3-17(4-6-18)25(34)33-11-13-36-14-12-33/h3-6,15-16,19,29H,7-14H2,1-2H3,(H,28,30,31). The molecular formula is C26H31ClN6O3. The Hall–Kier alpha value is -3.14. The van der Waals surface area contributed by atoms with Gasteiger partial charge in [-0.15, -0.1) is 0 Å². The Kier molecular flexibility index (Phi) is 7.41. The van der Waals surface area contributed by atoms with Crippen LogP contribution in [0.4, 0.5) is 17.3 Å². The molecule has 2 aliphatic heterocycles. The van der Waals surface area contributed by atoms with Gasteiger partial charge in [0, 0.05) is 42.0 Å². The number of carbonyl (C=O) groups excluding carboxylic acids is 1. The van der Waals surface area contributed by atoms with Gasteiger partial charge in [-0.3, -0.25) is 4.79 Å². The highest BCUT2D eigenvalue weighted by molar-refractivity contribution is 6.36. The van der Waals surface area contributed by atoms with Crippen molar-refractivity contribution < 1.29 is 14.3 Å². The number of aromatic nitrogens is 2. The first kappa shape index (κ1) is 24.5. The number of halogens is 1. The van der Waals surface area contributed by atoms with Crippen LogP contribution in [-0.2, 0) is 4.74 Å². The molecule has 0 atom stereocenters. The minimum Gasteiger partial charge on any atom is -0.492 e. The highest BCUT2D eigenvalue weighted by atomic mass is 35.5. The number of nitrogens with one attached hydrogen (secondary N) is 2. The van der Waals surface area contributed by atoms with E-state index in [1.165, 1.54) is 0 Å². The monoisotopic (exact) mass is 510 g/mol. The number of anilines is 3. The zero-order valence-corrected chi connectivity index (χ0v) is 21.3. The van der Waals surface area contributed by atoms with Gasteiger partial charge >= 0.3 is 0 Å². The lowest BCUT2D eigenvalue weighted by atomic mass is 10.0. The summed E-state index contributed by atoms with van der Waals surface area (Å²) in [4.78, 5) is 26.0. The van der Waals surface area contributed by atoms with E-state index in [9.17, 15) is 4.79 Å². The van der Waals surface area contributed by atoms with Crippen molar-refractivity contribution >= 4 is 45.7 Å². The van der Waals surface area contributed by atoms with Crippen molar-refractivity contribution in [3.63, 3.8) is 0 Å². The molecule has 3 heterocycles. The van der Waals surface area contributed by atoms with Crippen LogP contribution in [0.2, 0.25) is 5.02 Å². The van der Waals surface area contributed by atoms with E-state index in [1.807, 2.05) is 35.2 Å². The number of hydrogen-bond acceptors (Lipinski definition) is 8. The normalized spacial score (nSPS) is 17.2. The van der Waals surface area contributed by atoms with E-state index in [1.54, 1.807) is 13.3 Å². The summed E-state index contributed by atoms with van der Waals surface area (Å²) in [7, 11) is 3.78. The Morgan fingerprint density at radius 1 is 1.14 bits per heavy atom. The van der Waals surface area contributed by atoms with Crippen LogP contribution < -0.4 is 15.4 Å². The van der Waals surface area contributed by atoms with Crippen molar-refractivity contribution in [3.8, 4) is 5.75 Å². The molecule has 0 bridgehead atoms. The number of ether oxygens (including phenoxy) is 2. The highest BCUT2D eigenvalue weighted by Gasteiger charge is 2.21. The lowest BCUT2D eigenvalue weighted by Gasteiger charge is -2.30. The fourth-order valence-electron chi connectivity index (χ4n) is 4.65. The number of rotatable bonds is 6. The van der Waals surface area contributed by atoms with Crippen LogP contribution in [-0.4, -0.2) is 85.3 Å². The largest absolute Gasteiger partial charge is 0.492 e. The molecule has 1 aromatic heterocycles. The van der Waals surface area contributed by atoms with Crippen LogP contribution in [0.5, 0.6) is 5.75 Å². The van der Waals surface area contributed by atoms with E-state index >= 15 is 0 Å². The molecular weight excluding hydrogens is 480 g/mol. The molecule has 0 saturated carbocycles. The zero-order valence-electron chi connectivity index (χ0n) is 20.6. The summed E-state index contributed by atoms with van der Waals surface area (Å²) in [6, 6.07) is 9.56. The molecule has 2 fully saturated rings. The lowest BCUT2D eigenvalue weighted by Crippen LogP contribution is -2.40. The summed E-state index contributed by atoms with van der Waals surface area (Å²) in [5.74, 6) is 1.07. The SMILES string of the molecule is COc1c(NC2CCN(C)CC2)cc(Cl)c2cnc(Nc3ccc(C(=O)N4CCOCC4)cc3)nc12. The predicted molar refractivity (Wildman–Crippen MR) is 142 cm³/mol. The average Bonchev–Trinajstić information content (AvgIpc) is 2.91. The van der Waals surface area contributed by atoms with E-state index in [2.05, 4.69) is 27.6 Å². The first-order valence-corrected chi connectivity index (χ1v) is 12.6. The van der Waals surface area contributed by atoms with Crippen LogP contribution in [0.15, 0.2) is 36.5 Å². The smallest absolute Gasteiger partial charge is 0.254 e. The highest BCUT2D eigenvalue weighted by Crippen LogP contribution is 2.38. The van der Waals surface area contributed by atoms with E-state index in [0.717, 1.165) is 42.7 Å². The fourth-order valence-corrected chi connectivity index (χ4v) is 4.90. The summed E-state index contributed by atoms with van der Waals surface area (Å²) in [6.07, 6.45) is 3.80. The van der Waals surface area contributed by atoms with Crippen molar-refractivity contribution in [2.24, 2.45) is 0 Å². The molecule has 190 valence electrons. The minimum absolute atomic E-state index is 0.0100. The quantitative estimate of drug-likeness (QED) is 0.514. The molecule has 2 aromatic carbocycles. The second kappa shape index (κ2) is 10.9. The maximum absolute atomic E-state index is 12.7. The fraction of sp³-hybridized carbons (Fsp3) is 0.423. The molecule has 5 rings (SSSR count). The zero-order chi connectivity index (χ0) is 25.1. The van der Waals surface area contributed by atoms with Crippen molar-refractivity contribution in [2.45, 2.75) is 18.9 Å². The van der Waals surface area contributed by atoms with Gasteiger partial charge < -0.3 is 29.9 Å². The van der Waals surface area contributed by atoms with Crippen LogP contribution in [0, 0.1) is 0 Å². The molecule has 2 aliphatic rings. The van der Waals surface area contributed by atoms with Gasteiger partial charge in [-0.2, -0.15) is 0 Å². The minimum atomic E-state index is 0.0100. The third kappa shape index (κ3) is 5.33. The van der Waals surface area contributed by atoms with Crippen LogP contribution in [0.25, 0.3) is 10.9 Å². The van der Waals surface area contributed by atoms with Crippen molar-refractivity contribution in [1.82, 2.24) is 19.8 Å². The Morgan fingerprint density at radius 2 is 1.86 bits per heavy atom. The van der Waals surface area contributed by atoms with Gasteiger partial charge in [0.15, 0.2) is 5.75 Å². The van der Waals surface area contributed by atoms with Gasteiger partial charge in [-0.1, -0.05) is 11.6 Å². The van der Waals surface area contributed by atoms with E-state index in [4.69, 9.17) is 26.1 Å². The molecule has 0 aliphatic carbocycles. The average molecular weight is 511 g/mol. The lowest BCUT2D eigenvalue weighted by molar-refractivity contribution is 0.0303. The van der Waals surface area contributed by atoms with Crippen molar-refractivity contribution in [1.29, 1.82) is 0 Å². The van der Waals surface area contributed by atoms with Gasteiger partial charge in [0.05, 0.1) is 31.0 Å². The number of methoxy groups -OCH3 is 1. The first-order chi connectivity index (χ1) is 17.5. The van der Waals surface area contributed by atoms with Gasteiger partial charge in [0.1, 0.15) is 5.52 Å². The number of nitrogens with zero attached hydrogens (tertiary/aromatic N) is 4. The number of carbonyl (C=O) groups is 1. The molecule has 1 amide bonds. The molecule has 0 radical (unpaired) electrons. The summed E-state index contributed by atoms with van der Waals surface area (Å²) >= 11 is 6.61. The topological polar surface area (TPSA) is 91.9 Å². The van der Waals surface area contributed by atoms with Crippen LogP contribution >= 0.6 is 11.6 Å². The maximum atomic E-state index is 12.7. The van der Waals surface area contributed by atoms with Crippen molar-refractivity contribution in [3.05, 3.63) is 47.1 Å². The molecule has 0 unspecified atom stereocenters. The Labute approximate surface area is 215 Å². The van der Waals surface area contributed by atoms with Crippen LogP contribution in [0.1, 0.15) is 23.2 Å². The number of benzene rings is 2. The van der Waals surface area contributed by atoms with Crippen molar-refractivity contribution in [2.75, 3.05) is 64.2 Å². The third-order valence-corrected chi connectivity index (χ3v) is 7.06. The Morgan fingerprint density at radius 3 is 2.56 bits per heavy atom. The maximum Gasteiger partial charge on any atom is 0.254 e. The Bertz CT molecular complexity index is 1220. The number of hydrogen-bond donors (Lipinski definition) is 2. The van der Waals surface area contributed by atoms with Gasteiger partial charge in [0.2, 0.25) is 5.95 Å². The molecule has 0 spiro atoms. The summed E-state index contributed by atoms with van der Waals surface area (Å²) in [5, 5.41) is 8.12. The van der Waals surface area contributed by atoms with Gasteiger partial charge in [-0.05, 0) is 63.3 Å². The number of morpholine rings is 1. The number of fused-ring (bicyclic) bond motifs is 1. The number of likely N-dealkylation sites (tertiary alicyclic amines) is 1. The third-order valence-electron chi connectivity index (χ3n) is 6.75. The number of piperidine rings is 1. The predicted octanol–water partition coefficient (Wildman–Crippen LogP) is 4.01. The van der Waals surface area contributed by atoms with Crippen LogP contribution in [0.3, 0.4) is 0 Å². The number of amides is 1. The summed E-state index contributed by atoms with van der Waals surface area (Å²) < 4.78 is 11.1.